The van der Waals surface area contributed by atoms with E-state index in [0.29, 0.717) is 17.5 Å². The predicted molar refractivity (Wildman–Crippen MR) is 104 cm³/mol. The fourth-order valence-corrected chi connectivity index (χ4v) is 3.20. The number of anilines is 2. The van der Waals surface area contributed by atoms with Crippen molar-refractivity contribution in [3.63, 3.8) is 0 Å². The quantitative estimate of drug-likeness (QED) is 0.879. The summed E-state index contributed by atoms with van der Waals surface area (Å²) in [6.45, 7) is 9.24. The zero-order valence-corrected chi connectivity index (χ0v) is 15.7. The molecular weight excluding hydrogens is 328 g/mol. The van der Waals surface area contributed by atoms with Crippen LogP contribution >= 0.6 is 0 Å². The van der Waals surface area contributed by atoms with Crippen LogP contribution < -0.4 is 19.7 Å². The lowest BCUT2D eigenvalue weighted by atomic mass is 10.1. The fourth-order valence-electron chi connectivity index (χ4n) is 3.20. The van der Waals surface area contributed by atoms with Crippen molar-refractivity contribution >= 4 is 17.3 Å². The number of ether oxygens (including phenoxy) is 2. The number of nitrogens with zero attached hydrogens (tertiary/aromatic N) is 1. The van der Waals surface area contributed by atoms with Crippen LogP contribution in [0.25, 0.3) is 0 Å². The number of para-hydroxylation sites is 2. The third kappa shape index (κ3) is 3.77. The Kier molecular flexibility index (Phi) is 5.35. The van der Waals surface area contributed by atoms with Gasteiger partial charge in [0.05, 0.1) is 0 Å². The molecule has 1 aliphatic heterocycles. The molecule has 0 spiro atoms. The predicted octanol–water partition coefficient (Wildman–Crippen LogP) is 4.09. The summed E-state index contributed by atoms with van der Waals surface area (Å²) in [5.41, 5.74) is 1.88. The van der Waals surface area contributed by atoms with Gasteiger partial charge in [-0.3, -0.25) is 4.79 Å². The zero-order valence-electron chi connectivity index (χ0n) is 15.7. The standard InChI is InChI=1S/C21H26N2O3/c1-5-23(14(2)3)17-12-10-16(11-13-17)22-21(24)20-15(4)25-18-8-6-7-9-19(18)26-20/h6-15,20H,5H2,1-4H3,(H,22,24). The molecule has 0 saturated heterocycles. The first-order valence-corrected chi connectivity index (χ1v) is 9.09. The number of hydrogen-bond acceptors (Lipinski definition) is 4. The van der Waals surface area contributed by atoms with Crippen molar-refractivity contribution in [3.05, 3.63) is 48.5 Å². The highest BCUT2D eigenvalue weighted by Crippen LogP contribution is 2.33. The molecule has 0 fully saturated rings. The van der Waals surface area contributed by atoms with Crippen LogP contribution in [0.4, 0.5) is 11.4 Å². The lowest BCUT2D eigenvalue weighted by molar-refractivity contribution is -0.128. The van der Waals surface area contributed by atoms with E-state index in [9.17, 15) is 4.79 Å². The Labute approximate surface area is 154 Å². The van der Waals surface area contributed by atoms with Gasteiger partial charge in [0, 0.05) is 24.0 Å². The molecule has 5 nitrogen and oxygen atoms in total. The Balaban J connectivity index is 1.68. The first kappa shape index (κ1) is 18.1. The molecular formula is C21H26N2O3. The molecule has 26 heavy (non-hydrogen) atoms. The summed E-state index contributed by atoms with van der Waals surface area (Å²) < 4.78 is 11.6. The van der Waals surface area contributed by atoms with Gasteiger partial charge < -0.3 is 19.7 Å². The van der Waals surface area contributed by atoms with Gasteiger partial charge in [-0.15, -0.1) is 0 Å². The van der Waals surface area contributed by atoms with Crippen molar-refractivity contribution in [2.45, 2.75) is 45.9 Å². The van der Waals surface area contributed by atoms with Crippen LogP contribution in [0.5, 0.6) is 11.5 Å². The molecule has 2 atom stereocenters. The molecule has 0 saturated carbocycles. The van der Waals surface area contributed by atoms with E-state index in [1.54, 1.807) is 0 Å². The van der Waals surface area contributed by atoms with Gasteiger partial charge in [-0.05, 0) is 64.1 Å². The molecule has 0 aliphatic carbocycles. The van der Waals surface area contributed by atoms with Gasteiger partial charge in [0.25, 0.3) is 5.91 Å². The van der Waals surface area contributed by atoms with Crippen LogP contribution in [0.15, 0.2) is 48.5 Å². The monoisotopic (exact) mass is 354 g/mol. The maximum atomic E-state index is 12.6. The first-order valence-electron chi connectivity index (χ1n) is 9.09. The highest BCUT2D eigenvalue weighted by atomic mass is 16.6. The summed E-state index contributed by atoms with van der Waals surface area (Å²) in [7, 11) is 0. The van der Waals surface area contributed by atoms with Crippen LogP contribution in [0.2, 0.25) is 0 Å². The van der Waals surface area contributed by atoms with Crippen molar-refractivity contribution in [1.82, 2.24) is 0 Å². The average Bonchev–Trinajstić information content (AvgIpc) is 2.62. The number of fused-ring (bicyclic) bond motifs is 1. The van der Waals surface area contributed by atoms with E-state index in [2.05, 4.69) is 31.0 Å². The molecule has 5 heteroatoms. The van der Waals surface area contributed by atoms with Crippen LogP contribution in [0, 0.1) is 0 Å². The molecule has 1 amide bonds. The SMILES string of the molecule is CCN(c1ccc(NC(=O)C2Oc3ccccc3OC2C)cc1)C(C)C. The number of hydrogen-bond donors (Lipinski definition) is 1. The molecule has 138 valence electrons. The minimum atomic E-state index is -0.688. The van der Waals surface area contributed by atoms with Crippen LogP contribution in [-0.4, -0.2) is 30.7 Å². The second-order valence-corrected chi connectivity index (χ2v) is 6.72. The number of benzene rings is 2. The van der Waals surface area contributed by atoms with Gasteiger partial charge >= 0.3 is 0 Å². The largest absolute Gasteiger partial charge is 0.482 e. The Morgan fingerprint density at radius 3 is 2.27 bits per heavy atom. The molecule has 2 unspecified atom stereocenters. The van der Waals surface area contributed by atoms with Gasteiger partial charge in [-0.1, -0.05) is 12.1 Å². The second kappa shape index (κ2) is 7.68. The van der Waals surface area contributed by atoms with E-state index < -0.39 is 6.10 Å². The van der Waals surface area contributed by atoms with E-state index in [1.165, 1.54) is 0 Å². The first-order chi connectivity index (χ1) is 12.5. The Bertz CT molecular complexity index is 758. The van der Waals surface area contributed by atoms with Crippen molar-refractivity contribution in [2.75, 3.05) is 16.8 Å². The van der Waals surface area contributed by atoms with E-state index >= 15 is 0 Å². The molecule has 0 aromatic heterocycles. The van der Waals surface area contributed by atoms with Gasteiger partial charge in [0.1, 0.15) is 6.10 Å². The minimum Gasteiger partial charge on any atom is -0.482 e. The van der Waals surface area contributed by atoms with E-state index in [1.807, 2.05) is 55.5 Å². The summed E-state index contributed by atoms with van der Waals surface area (Å²) in [6, 6.07) is 15.7. The number of nitrogens with one attached hydrogen (secondary N) is 1. The molecule has 2 aromatic carbocycles. The van der Waals surface area contributed by atoms with Gasteiger partial charge in [0.2, 0.25) is 6.10 Å². The van der Waals surface area contributed by atoms with Crippen molar-refractivity contribution < 1.29 is 14.3 Å². The van der Waals surface area contributed by atoms with Crippen LogP contribution in [0.1, 0.15) is 27.7 Å². The Morgan fingerprint density at radius 1 is 1.08 bits per heavy atom. The maximum Gasteiger partial charge on any atom is 0.269 e. The van der Waals surface area contributed by atoms with Gasteiger partial charge in [0.15, 0.2) is 11.5 Å². The molecule has 1 N–H and O–H groups in total. The normalized spacial score (nSPS) is 18.5. The average molecular weight is 354 g/mol. The number of amides is 1. The Hall–Kier alpha value is -2.69. The Morgan fingerprint density at radius 2 is 1.69 bits per heavy atom. The lowest BCUT2D eigenvalue weighted by Gasteiger charge is -2.31. The summed E-state index contributed by atoms with van der Waals surface area (Å²) in [5.74, 6) is 1.05. The third-order valence-corrected chi connectivity index (χ3v) is 4.53. The van der Waals surface area contributed by atoms with Crippen molar-refractivity contribution in [2.24, 2.45) is 0 Å². The van der Waals surface area contributed by atoms with Gasteiger partial charge in [-0.25, -0.2) is 0 Å². The third-order valence-electron chi connectivity index (χ3n) is 4.53. The van der Waals surface area contributed by atoms with E-state index in [4.69, 9.17) is 9.47 Å². The van der Waals surface area contributed by atoms with Crippen LogP contribution in [-0.2, 0) is 4.79 Å². The zero-order chi connectivity index (χ0) is 18.7. The number of carbonyl (C=O) groups excluding carboxylic acids is 1. The van der Waals surface area contributed by atoms with Crippen molar-refractivity contribution in [3.8, 4) is 11.5 Å². The fraction of sp³-hybridized carbons (Fsp3) is 0.381. The lowest BCUT2D eigenvalue weighted by Crippen LogP contribution is -2.46. The highest BCUT2D eigenvalue weighted by Gasteiger charge is 2.34. The van der Waals surface area contributed by atoms with Gasteiger partial charge in [-0.2, -0.15) is 0 Å². The number of carbonyl (C=O) groups is 1. The highest BCUT2D eigenvalue weighted by molar-refractivity contribution is 5.95. The molecule has 0 bridgehead atoms. The summed E-state index contributed by atoms with van der Waals surface area (Å²) in [4.78, 5) is 14.9. The molecule has 3 rings (SSSR count). The summed E-state index contributed by atoms with van der Waals surface area (Å²) in [5, 5.41) is 2.92. The molecule has 1 aliphatic rings. The minimum absolute atomic E-state index is 0.212. The summed E-state index contributed by atoms with van der Waals surface area (Å²) in [6.07, 6.45) is -1.05. The van der Waals surface area contributed by atoms with Crippen molar-refractivity contribution in [1.29, 1.82) is 0 Å². The molecule has 2 aromatic rings. The smallest absolute Gasteiger partial charge is 0.269 e. The second-order valence-electron chi connectivity index (χ2n) is 6.72. The number of rotatable bonds is 5. The summed E-state index contributed by atoms with van der Waals surface area (Å²) >= 11 is 0. The maximum absolute atomic E-state index is 12.6. The topological polar surface area (TPSA) is 50.8 Å². The van der Waals surface area contributed by atoms with E-state index in [0.717, 1.165) is 17.9 Å². The van der Waals surface area contributed by atoms with Crippen LogP contribution in [0.3, 0.4) is 0 Å². The molecule has 1 heterocycles. The van der Waals surface area contributed by atoms with E-state index in [-0.39, 0.29) is 12.0 Å². The molecule has 0 radical (unpaired) electrons.